The molecule has 0 aromatic heterocycles. The van der Waals surface area contributed by atoms with Crippen LogP contribution in [0.5, 0.6) is 0 Å². The van der Waals surface area contributed by atoms with Gasteiger partial charge in [-0.1, -0.05) is 38.7 Å². The summed E-state index contributed by atoms with van der Waals surface area (Å²) < 4.78 is 10.3. The summed E-state index contributed by atoms with van der Waals surface area (Å²) in [6, 6.07) is 0. The fraction of sp³-hybridized carbons (Fsp3) is 0.769. The van der Waals surface area contributed by atoms with Crippen LogP contribution in [-0.2, 0) is 14.3 Å². The maximum atomic E-state index is 10.9. The summed E-state index contributed by atoms with van der Waals surface area (Å²) in [6.07, 6.45) is 8.50. The molecule has 0 saturated heterocycles. The van der Waals surface area contributed by atoms with Gasteiger partial charge in [0.15, 0.2) is 6.29 Å². The fourth-order valence-electron chi connectivity index (χ4n) is 2.12. The first-order chi connectivity index (χ1) is 7.72. The number of esters is 1. The number of carbonyl (C=O) groups is 1. The van der Waals surface area contributed by atoms with E-state index < -0.39 is 12.3 Å². The first kappa shape index (κ1) is 13.2. The molecule has 92 valence electrons. The Balaban J connectivity index is 2.05. The summed E-state index contributed by atoms with van der Waals surface area (Å²) >= 11 is 0. The maximum absolute atomic E-state index is 10.9. The standard InChI is InChI=1S/C13H22O3/c1-3-13(14)16-11(2)15-10-9-12-7-5-4-6-8-12/h3,11-12H,1,4-10H2,2H3. The third-order valence-electron chi connectivity index (χ3n) is 3.05. The van der Waals surface area contributed by atoms with Crippen molar-refractivity contribution in [2.45, 2.75) is 51.7 Å². The second-order valence-corrected chi connectivity index (χ2v) is 4.37. The van der Waals surface area contributed by atoms with Crippen molar-refractivity contribution in [1.82, 2.24) is 0 Å². The number of carbonyl (C=O) groups excluding carboxylic acids is 1. The molecule has 16 heavy (non-hydrogen) atoms. The van der Waals surface area contributed by atoms with Crippen LogP contribution in [0, 0.1) is 5.92 Å². The molecule has 0 aromatic carbocycles. The van der Waals surface area contributed by atoms with E-state index in [1.807, 2.05) is 0 Å². The molecule has 0 N–H and O–H groups in total. The Hall–Kier alpha value is -0.830. The molecule has 1 unspecified atom stereocenters. The van der Waals surface area contributed by atoms with Gasteiger partial charge >= 0.3 is 5.97 Å². The van der Waals surface area contributed by atoms with Gasteiger partial charge in [-0.2, -0.15) is 0 Å². The van der Waals surface area contributed by atoms with E-state index in [-0.39, 0.29) is 0 Å². The van der Waals surface area contributed by atoms with E-state index in [0.29, 0.717) is 6.61 Å². The Bertz CT molecular complexity index is 219. The van der Waals surface area contributed by atoms with Crippen LogP contribution < -0.4 is 0 Å². The largest absolute Gasteiger partial charge is 0.433 e. The van der Waals surface area contributed by atoms with Gasteiger partial charge in [0.25, 0.3) is 0 Å². The Labute approximate surface area is 97.8 Å². The lowest BCUT2D eigenvalue weighted by atomic mass is 9.87. The Morgan fingerprint density at radius 2 is 2.12 bits per heavy atom. The van der Waals surface area contributed by atoms with Crippen molar-refractivity contribution < 1.29 is 14.3 Å². The summed E-state index contributed by atoms with van der Waals surface area (Å²) in [4.78, 5) is 10.9. The predicted molar refractivity (Wildman–Crippen MR) is 62.9 cm³/mol. The average molecular weight is 226 g/mol. The molecule has 0 radical (unpaired) electrons. The third kappa shape index (κ3) is 5.31. The number of rotatable bonds is 6. The average Bonchev–Trinajstić information content (AvgIpc) is 2.30. The molecular weight excluding hydrogens is 204 g/mol. The molecule has 1 aliphatic rings. The zero-order valence-corrected chi connectivity index (χ0v) is 10.1. The number of hydrogen-bond acceptors (Lipinski definition) is 3. The topological polar surface area (TPSA) is 35.5 Å². The van der Waals surface area contributed by atoms with E-state index in [2.05, 4.69) is 6.58 Å². The molecule has 1 atom stereocenters. The van der Waals surface area contributed by atoms with Crippen LogP contribution in [0.3, 0.4) is 0 Å². The fourth-order valence-corrected chi connectivity index (χ4v) is 2.12. The zero-order valence-electron chi connectivity index (χ0n) is 10.1. The van der Waals surface area contributed by atoms with Crippen LogP contribution in [0.4, 0.5) is 0 Å². The van der Waals surface area contributed by atoms with Crippen molar-refractivity contribution in [1.29, 1.82) is 0 Å². The molecule has 1 fully saturated rings. The number of hydrogen-bond donors (Lipinski definition) is 0. The summed E-state index contributed by atoms with van der Waals surface area (Å²) in [5.74, 6) is 0.376. The molecule has 1 rings (SSSR count). The van der Waals surface area contributed by atoms with Crippen LogP contribution in [0.25, 0.3) is 0 Å². The van der Waals surface area contributed by atoms with Gasteiger partial charge in [-0.3, -0.25) is 0 Å². The molecule has 3 nitrogen and oxygen atoms in total. The Morgan fingerprint density at radius 3 is 2.75 bits per heavy atom. The third-order valence-corrected chi connectivity index (χ3v) is 3.05. The summed E-state index contributed by atoms with van der Waals surface area (Å²) in [7, 11) is 0. The van der Waals surface area contributed by atoms with E-state index in [0.717, 1.165) is 18.4 Å². The molecule has 0 amide bonds. The summed E-state index contributed by atoms with van der Waals surface area (Å²) in [5, 5.41) is 0. The second-order valence-electron chi connectivity index (χ2n) is 4.37. The molecule has 0 bridgehead atoms. The number of ether oxygens (including phenoxy) is 2. The van der Waals surface area contributed by atoms with Gasteiger partial charge in [-0.05, 0) is 19.3 Å². The molecule has 0 spiro atoms. The zero-order chi connectivity index (χ0) is 11.8. The molecule has 0 aliphatic heterocycles. The van der Waals surface area contributed by atoms with Gasteiger partial charge in [-0.15, -0.1) is 0 Å². The monoisotopic (exact) mass is 226 g/mol. The minimum Gasteiger partial charge on any atom is -0.433 e. The summed E-state index contributed by atoms with van der Waals surface area (Å²) in [5.41, 5.74) is 0. The van der Waals surface area contributed by atoms with Crippen molar-refractivity contribution >= 4 is 5.97 Å². The van der Waals surface area contributed by atoms with E-state index in [4.69, 9.17) is 9.47 Å². The maximum Gasteiger partial charge on any atom is 0.332 e. The minimum atomic E-state index is -0.464. The van der Waals surface area contributed by atoms with Crippen LogP contribution >= 0.6 is 0 Å². The first-order valence-electron chi connectivity index (χ1n) is 6.17. The van der Waals surface area contributed by atoms with Crippen LogP contribution in [0.15, 0.2) is 12.7 Å². The predicted octanol–water partition coefficient (Wildman–Crippen LogP) is 3.05. The minimum absolute atomic E-state index is 0.426. The van der Waals surface area contributed by atoms with E-state index in [1.54, 1.807) is 6.92 Å². The van der Waals surface area contributed by atoms with Crippen molar-refractivity contribution in [3.8, 4) is 0 Å². The molecule has 3 heteroatoms. The lowest BCUT2D eigenvalue weighted by molar-refractivity contribution is -0.169. The highest BCUT2D eigenvalue weighted by atomic mass is 16.7. The van der Waals surface area contributed by atoms with Gasteiger partial charge < -0.3 is 9.47 Å². The molecule has 1 aliphatic carbocycles. The normalized spacial score (nSPS) is 19.1. The van der Waals surface area contributed by atoms with Gasteiger partial charge in [0.2, 0.25) is 0 Å². The highest BCUT2D eigenvalue weighted by Crippen LogP contribution is 2.26. The molecule has 0 heterocycles. The van der Waals surface area contributed by atoms with Crippen LogP contribution in [0.1, 0.15) is 45.4 Å². The first-order valence-corrected chi connectivity index (χ1v) is 6.17. The van der Waals surface area contributed by atoms with E-state index in [1.165, 1.54) is 32.1 Å². The lowest BCUT2D eigenvalue weighted by Crippen LogP contribution is -2.19. The second kappa shape index (κ2) is 7.44. The highest BCUT2D eigenvalue weighted by Gasteiger charge is 2.14. The van der Waals surface area contributed by atoms with Crippen molar-refractivity contribution in [2.75, 3.05) is 6.61 Å². The van der Waals surface area contributed by atoms with Gasteiger partial charge in [0.05, 0.1) is 6.61 Å². The van der Waals surface area contributed by atoms with Crippen molar-refractivity contribution in [3.05, 3.63) is 12.7 Å². The smallest absolute Gasteiger partial charge is 0.332 e. The molecule has 0 aromatic rings. The highest BCUT2D eigenvalue weighted by molar-refractivity contribution is 5.81. The Kier molecular flexibility index (Phi) is 6.16. The lowest BCUT2D eigenvalue weighted by Gasteiger charge is -2.22. The quantitative estimate of drug-likeness (QED) is 0.397. The van der Waals surface area contributed by atoms with Gasteiger partial charge in [0.1, 0.15) is 0 Å². The van der Waals surface area contributed by atoms with Crippen molar-refractivity contribution in [3.63, 3.8) is 0 Å². The van der Waals surface area contributed by atoms with Gasteiger partial charge in [-0.25, -0.2) is 4.79 Å². The summed E-state index contributed by atoms with van der Waals surface area (Å²) in [6.45, 7) is 5.75. The Morgan fingerprint density at radius 1 is 1.44 bits per heavy atom. The molecular formula is C13H22O3. The SMILES string of the molecule is C=CC(=O)OC(C)OCCC1CCCCC1. The van der Waals surface area contributed by atoms with E-state index in [9.17, 15) is 4.79 Å². The van der Waals surface area contributed by atoms with Crippen LogP contribution in [-0.4, -0.2) is 18.9 Å². The van der Waals surface area contributed by atoms with Crippen molar-refractivity contribution in [2.24, 2.45) is 5.92 Å². The van der Waals surface area contributed by atoms with E-state index >= 15 is 0 Å². The molecule has 1 saturated carbocycles. The van der Waals surface area contributed by atoms with Crippen LogP contribution in [0.2, 0.25) is 0 Å². The van der Waals surface area contributed by atoms with Gasteiger partial charge in [0, 0.05) is 6.08 Å².